The summed E-state index contributed by atoms with van der Waals surface area (Å²) in [6.45, 7) is 4.03. The van der Waals surface area contributed by atoms with Crippen molar-refractivity contribution in [2.45, 2.75) is 13.8 Å². The van der Waals surface area contributed by atoms with Crippen LogP contribution in [0.4, 0.5) is 5.69 Å². The van der Waals surface area contributed by atoms with Crippen molar-refractivity contribution in [2.75, 3.05) is 0 Å². The Hall–Kier alpha value is -3.78. The van der Waals surface area contributed by atoms with Crippen molar-refractivity contribution in [3.8, 4) is 28.7 Å². The Kier molecular flexibility index (Phi) is 5.16. The van der Waals surface area contributed by atoms with Gasteiger partial charge in [0, 0.05) is 10.9 Å². The van der Waals surface area contributed by atoms with Gasteiger partial charge in [0.2, 0.25) is 10.6 Å². The zero-order chi connectivity index (χ0) is 21.3. The molecule has 7 nitrogen and oxygen atoms in total. The van der Waals surface area contributed by atoms with Gasteiger partial charge in [0.15, 0.2) is 17.3 Å². The summed E-state index contributed by atoms with van der Waals surface area (Å²) in [7, 11) is 0. The van der Waals surface area contributed by atoms with E-state index in [1.54, 1.807) is 17.0 Å². The minimum absolute atomic E-state index is 0.242. The molecule has 0 unspecified atom stereocenters. The molecule has 0 aliphatic heterocycles. The minimum Gasteiger partial charge on any atom is -0.504 e. The number of phenols is 3. The third-order valence-electron chi connectivity index (χ3n) is 4.50. The van der Waals surface area contributed by atoms with Crippen LogP contribution in [0.2, 0.25) is 0 Å². The van der Waals surface area contributed by atoms with Crippen molar-refractivity contribution in [2.24, 2.45) is 10.1 Å². The fourth-order valence-corrected chi connectivity index (χ4v) is 3.76. The number of rotatable bonds is 4. The van der Waals surface area contributed by atoms with E-state index in [4.69, 9.17) is 9.41 Å². The summed E-state index contributed by atoms with van der Waals surface area (Å²) < 4.78 is 7.12. The first-order chi connectivity index (χ1) is 14.4. The van der Waals surface area contributed by atoms with Gasteiger partial charge in [0.05, 0.1) is 18.2 Å². The Morgan fingerprint density at radius 2 is 1.87 bits per heavy atom. The largest absolute Gasteiger partial charge is 0.504 e. The smallest absolute Gasteiger partial charge is 0.211 e. The molecule has 0 radical (unpaired) electrons. The van der Waals surface area contributed by atoms with Crippen LogP contribution in [0, 0.1) is 13.8 Å². The van der Waals surface area contributed by atoms with Crippen LogP contribution in [0.15, 0.2) is 68.6 Å². The average molecular weight is 421 g/mol. The molecule has 0 aliphatic carbocycles. The maximum Gasteiger partial charge on any atom is 0.211 e. The van der Waals surface area contributed by atoms with Crippen molar-refractivity contribution in [3.63, 3.8) is 0 Å². The van der Waals surface area contributed by atoms with Gasteiger partial charge in [-0.3, -0.25) is 0 Å². The van der Waals surface area contributed by atoms with E-state index < -0.39 is 17.2 Å². The van der Waals surface area contributed by atoms with Crippen LogP contribution < -0.4 is 4.80 Å². The van der Waals surface area contributed by atoms with Gasteiger partial charge >= 0.3 is 0 Å². The highest BCUT2D eigenvalue weighted by Crippen LogP contribution is 2.36. The molecular formula is C22H19N3O4S. The van der Waals surface area contributed by atoms with Crippen LogP contribution >= 0.6 is 11.3 Å². The van der Waals surface area contributed by atoms with Gasteiger partial charge in [0.1, 0.15) is 5.69 Å². The minimum atomic E-state index is -0.597. The van der Waals surface area contributed by atoms with Crippen molar-refractivity contribution < 1.29 is 19.7 Å². The number of hydrogen-bond donors (Lipinski definition) is 3. The molecule has 152 valence electrons. The summed E-state index contributed by atoms with van der Waals surface area (Å²) in [6.07, 6.45) is 2.96. The first-order valence-corrected chi connectivity index (χ1v) is 9.96. The summed E-state index contributed by atoms with van der Waals surface area (Å²) in [5.74, 6) is -0.847. The van der Waals surface area contributed by atoms with Crippen LogP contribution in [0.3, 0.4) is 0 Å². The lowest BCUT2D eigenvalue weighted by Gasteiger charge is -2.05. The normalized spacial score (nSPS) is 12.1. The number of furan rings is 1. The fraction of sp³-hybridized carbons (Fsp3) is 0.0909. The van der Waals surface area contributed by atoms with Crippen molar-refractivity contribution >= 4 is 23.2 Å². The maximum atomic E-state index is 10.1. The molecule has 0 amide bonds. The van der Waals surface area contributed by atoms with E-state index in [0.717, 1.165) is 16.8 Å². The SMILES string of the molecule is Cc1ccc(N=c2scc(-c3ccco3)n2N=Cc2ccc(O)c(O)c2O)c(C)c1. The first kappa shape index (κ1) is 19.5. The molecule has 3 N–H and O–H groups in total. The number of aromatic nitrogens is 1. The van der Waals surface area contributed by atoms with Gasteiger partial charge < -0.3 is 19.7 Å². The monoisotopic (exact) mass is 421 g/mol. The second-order valence-corrected chi connectivity index (χ2v) is 7.55. The molecule has 0 fully saturated rings. The molecule has 0 bridgehead atoms. The van der Waals surface area contributed by atoms with Crippen LogP contribution in [-0.4, -0.2) is 26.2 Å². The summed E-state index contributed by atoms with van der Waals surface area (Å²) in [5, 5.41) is 35.7. The molecule has 0 atom stereocenters. The number of aryl methyl sites for hydroxylation is 2. The number of nitrogens with zero attached hydrogens (tertiary/aromatic N) is 3. The molecular weight excluding hydrogens is 402 g/mol. The number of thiazole rings is 1. The topological polar surface area (TPSA) is 103 Å². The standard InChI is InChI=1S/C22H19N3O4S/c1-13-5-7-16(14(2)10-13)24-22-25(17(12-30-22)19-4-3-9-29-19)23-11-15-6-8-18(26)21(28)20(15)27/h3-12,26-28H,1-2H3. The molecule has 0 saturated heterocycles. The van der Waals surface area contributed by atoms with Crippen LogP contribution in [0.25, 0.3) is 11.5 Å². The molecule has 4 aromatic rings. The van der Waals surface area contributed by atoms with E-state index in [0.29, 0.717) is 16.3 Å². The lowest BCUT2D eigenvalue weighted by atomic mass is 10.1. The lowest BCUT2D eigenvalue weighted by Crippen LogP contribution is -2.11. The number of aromatic hydroxyl groups is 3. The molecule has 2 heterocycles. The average Bonchev–Trinajstić information content (AvgIpc) is 3.38. The van der Waals surface area contributed by atoms with E-state index in [9.17, 15) is 15.3 Å². The first-order valence-electron chi connectivity index (χ1n) is 9.08. The number of phenolic OH excluding ortho intramolecular Hbond substituents is 3. The highest BCUT2D eigenvalue weighted by atomic mass is 32.1. The Labute approximate surface area is 176 Å². The van der Waals surface area contributed by atoms with Gasteiger partial charge in [-0.1, -0.05) is 17.7 Å². The number of benzene rings is 2. The van der Waals surface area contributed by atoms with Crippen LogP contribution in [0.5, 0.6) is 17.2 Å². The van der Waals surface area contributed by atoms with Gasteiger partial charge in [0.25, 0.3) is 0 Å². The summed E-state index contributed by atoms with van der Waals surface area (Å²) in [4.78, 5) is 5.36. The zero-order valence-electron chi connectivity index (χ0n) is 16.3. The third kappa shape index (κ3) is 3.72. The van der Waals surface area contributed by atoms with Gasteiger partial charge in [-0.15, -0.1) is 11.3 Å². The molecule has 2 aromatic heterocycles. The molecule has 4 rings (SSSR count). The van der Waals surface area contributed by atoms with Crippen molar-refractivity contribution in [3.05, 3.63) is 75.6 Å². The van der Waals surface area contributed by atoms with E-state index >= 15 is 0 Å². The fourth-order valence-electron chi connectivity index (χ4n) is 2.93. The second kappa shape index (κ2) is 7.92. The third-order valence-corrected chi connectivity index (χ3v) is 5.32. The molecule has 2 aromatic carbocycles. The maximum absolute atomic E-state index is 10.1. The second-order valence-electron chi connectivity index (χ2n) is 6.71. The zero-order valence-corrected chi connectivity index (χ0v) is 17.1. The van der Waals surface area contributed by atoms with Crippen molar-refractivity contribution in [1.82, 2.24) is 4.68 Å². The van der Waals surface area contributed by atoms with Crippen LogP contribution in [0.1, 0.15) is 16.7 Å². The predicted molar refractivity (Wildman–Crippen MR) is 116 cm³/mol. The van der Waals surface area contributed by atoms with Crippen molar-refractivity contribution in [1.29, 1.82) is 0 Å². The molecule has 30 heavy (non-hydrogen) atoms. The van der Waals surface area contributed by atoms with E-state index in [-0.39, 0.29) is 5.56 Å². The van der Waals surface area contributed by atoms with E-state index in [1.165, 1.54) is 29.7 Å². The predicted octanol–water partition coefficient (Wildman–Crippen LogP) is 4.66. The van der Waals surface area contributed by atoms with Gasteiger partial charge in [-0.05, 0) is 49.7 Å². The summed E-state index contributed by atoms with van der Waals surface area (Å²) in [6, 6.07) is 12.3. The Morgan fingerprint density at radius 1 is 1.03 bits per heavy atom. The molecule has 0 spiro atoms. The Balaban J connectivity index is 1.86. The number of hydrogen-bond acceptors (Lipinski definition) is 7. The lowest BCUT2D eigenvalue weighted by molar-refractivity contribution is 0.367. The quantitative estimate of drug-likeness (QED) is 0.329. The highest BCUT2D eigenvalue weighted by molar-refractivity contribution is 7.07. The Bertz CT molecular complexity index is 1300. The van der Waals surface area contributed by atoms with E-state index in [1.807, 2.05) is 37.4 Å². The molecule has 8 heteroatoms. The summed E-state index contributed by atoms with van der Waals surface area (Å²) >= 11 is 1.40. The van der Waals surface area contributed by atoms with Crippen LogP contribution in [-0.2, 0) is 0 Å². The molecule has 0 aliphatic rings. The molecule has 0 saturated carbocycles. The highest BCUT2D eigenvalue weighted by Gasteiger charge is 2.12. The Morgan fingerprint density at radius 3 is 2.60 bits per heavy atom. The van der Waals surface area contributed by atoms with Gasteiger partial charge in [-0.25, -0.2) is 9.67 Å². The van der Waals surface area contributed by atoms with Gasteiger partial charge in [-0.2, -0.15) is 5.10 Å². The summed E-state index contributed by atoms with van der Waals surface area (Å²) in [5.41, 5.74) is 3.95. The van der Waals surface area contributed by atoms with E-state index in [2.05, 4.69) is 11.2 Å².